The van der Waals surface area contributed by atoms with Crippen molar-refractivity contribution in [2.75, 3.05) is 31.1 Å². The van der Waals surface area contributed by atoms with E-state index in [1.165, 1.54) is 19.3 Å². The van der Waals surface area contributed by atoms with Crippen LogP contribution in [-0.2, 0) is 4.79 Å². The summed E-state index contributed by atoms with van der Waals surface area (Å²) >= 11 is 0. The van der Waals surface area contributed by atoms with Crippen LogP contribution in [0, 0.1) is 5.92 Å². The average molecular weight is 392 g/mol. The van der Waals surface area contributed by atoms with Crippen molar-refractivity contribution in [3.05, 3.63) is 36.4 Å². The van der Waals surface area contributed by atoms with Gasteiger partial charge in [-0.05, 0) is 56.2 Å². The van der Waals surface area contributed by atoms with Crippen LogP contribution < -0.4 is 4.90 Å². The van der Waals surface area contributed by atoms with E-state index in [1.807, 2.05) is 30.7 Å². The molecule has 29 heavy (non-hydrogen) atoms. The van der Waals surface area contributed by atoms with E-state index in [1.54, 1.807) is 0 Å². The van der Waals surface area contributed by atoms with Gasteiger partial charge in [-0.1, -0.05) is 6.42 Å². The number of hydrogen-bond acceptors (Lipinski definition) is 5. The summed E-state index contributed by atoms with van der Waals surface area (Å²) in [6.45, 7) is 3.74. The number of aromatic nitrogens is 3. The summed E-state index contributed by atoms with van der Waals surface area (Å²) in [5.74, 6) is 1.73. The van der Waals surface area contributed by atoms with Crippen LogP contribution in [0.5, 0.6) is 0 Å². The molecule has 2 aromatic rings. The largest absolute Gasteiger partial charge is 0.342 e. The van der Waals surface area contributed by atoms with Crippen molar-refractivity contribution >= 4 is 11.9 Å². The predicted octanol–water partition coefficient (Wildman–Crippen LogP) is 3.64. The van der Waals surface area contributed by atoms with Gasteiger partial charge in [-0.2, -0.15) is 0 Å². The minimum atomic E-state index is 0.263. The van der Waals surface area contributed by atoms with Crippen LogP contribution in [0.1, 0.15) is 56.6 Å². The molecule has 0 aromatic carbocycles. The number of hydrogen-bond donors (Lipinski definition) is 0. The predicted molar refractivity (Wildman–Crippen MR) is 113 cm³/mol. The Kier molecular flexibility index (Phi) is 5.17. The second-order valence-corrected chi connectivity index (χ2v) is 8.65. The highest BCUT2D eigenvalue weighted by molar-refractivity contribution is 5.80. The summed E-state index contributed by atoms with van der Waals surface area (Å²) in [5.41, 5.74) is 3.28. The molecule has 6 heteroatoms. The minimum Gasteiger partial charge on any atom is -0.342 e. The molecule has 0 unspecified atom stereocenters. The third-order valence-corrected chi connectivity index (χ3v) is 6.76. The van der Waals surface area contributed by atoms with Gasteiger partial charge in [-0.25, -0.2) is 9.97 Å². The van der Waals surface area contributed by atoms with E-state index in [-0.39, 0.29) is 11.8 Å². The number of carbonyl (C=O) groups is 1. The molecule has 3 fully saturated rings. The molecule has 3 aliphatic rings. The normalized spacial score (nSPS) is 22.6. The Morgan fingerprint density at radius 1 is 0.966 bits per heavy atom. The third-order valence-electron chi connectivity index (χ3n) is 6.76. The van der Waals surface area contributed by atoms with E-state index in [0.29, 0.717) is 5.91 Å². The monoisotopic (exact) mass is 391 g/mol. The van der Waals surface area contributed by atoms with E-state index in [0.717, 1.165) is 74.6 Å². The second kappa shape index (κ2) is 8.09. The first-order chi connectivity index (χ1) is 14.3. The third kappa shape index (κ3) is 3.72. The molecule has 0 radical (unpaired) electrons. The number of anilines is 1. The van der Waals surface area contributed by atoms with Gasteiger partial charge in [0.2, 0.25) is 11.9 Å². The lowest BCUT2D eigenvalue weighted by Gasteiger charge is -2.37. The number of carbonyl (C=O) groups excluding carboxylic acids is 1. The molecule has 1 saturated carbocycles. The molecule has 1 atom stereocenters. The Bertz CT molecular complexity index is 861. The minimum absolute atomic E-state index is 0.263. The first-order valence-electron chi connectivity index (χ1n) is 11.1. The van der Waals surface area contributed by atoms with Gasteiger partial charge in [-0.3, -0.25) is 9.78 Å². The summed E-state index contributed by atoms with van der Waals surface area (Å²) in [6, 6.07) is 4.05. The summed E-state index contributed by atoms with van der Waals surface area (Å²) in [5, 5.41) is 0. The molecule has 1 amide bonds. The lowest BCUT2D eigenvalue weighted by Crippen LogP contribution is -2.44. The fourth-order valence-electron chi connectivity index (χ4n) is 4.83. The lowest BCUT2D eigenvalue weighted by molar-refractivity contribution is -0.139. The van der Waals surface area contributed by atoms with E-state index < -0.39 is 0 Å². The first kappa shape index (κ1) is 18.5. The molecule has 152 valence electrons. The van der Waals surface area contributed by atoms with Crippen LogP contribution in [0.3, 0.4) is 0 Å². The van der Waals surface area contributed by atoms with Crippen molar-refractivity contribution in [3.8, 4) is 11.1 Å². The molecule has 2 aromatic heterocycles. The first-order valence-corrected chi connectivity index (χ1v) is 11.1. The van der Waals surface area contributed by atoms with Crippen LogP contribution >= 0.6 is 0 Å². The highest BCUT2D eigenvalue weighted by Gasteiger charge is 2.34. The quantitative estimate of drug-likeness (QED) is 0.796. The zero-order chi connectivity index (χ0) is 19.6. The van der Waals surface area contributed by atoms with E-state index in [2.05, 4.69) is 14.8 Å². The highest BCUT2D eigenvalue weighted by atomic mass is 16.2. The lowest BCUT2D eigenvalue weighted by atomic mass is 9.83. The van der Waals surface area contributed by atoms with Gasteiger partial charge >= 0.3 is 0 Å². The summed E-state index contributed by atoms with van der Waals surface area (Å²) < 4.78 is 0. The fourth-order valence-corrected chi connectivity index (χ4v) is 4.83. The smallest absolute Gasteiger partial charge is 0.225 e. The Labute approximate surface area is 172 Å². The van der Waals surface area contributed by atoms with Crippen molar-refractivity contribution in [3.63, 3.8) is 0 Å². The zero-order valence-electron chi connectivity index (χ0n) is 17.0. The number of nitrogens with zero attached hydrogens (tertiary/aromatic N) is 5. The standard InChI is InChI=1S/C23H29N5O/c29-22(18-5-3-6-18)28-14-4-7-19(16-28)21-20(17-8-10-24-11-9-17)15-25-23(26-21)27-12-1-2-13-27/h8-11,15,18-19H,1-7,12-14,16H2/t19-/m1/s1. The molecule has 0 bridgehead atoms. The van der Waals surface area contributed by atoms with E-state index in [9.17, 15) is 4.79 Å². The summed E-state index contributed by atoms with van der Waals surface area (Å²) in [4.78, 5) is 31.2. The average Bonchev–Trinajstić information content (AvgIpc) is 3.28. The second-order valence-electron chi connectivity index (χ2n) is 8.65. The topological polar surface area (TPSA) is 62.2 Å². The molecule has 2 aliphatic heterocycles. The molecule has 0 spiro atoms. The van der Waals surface area contributed by atoms with Gasteiger partial charge in [0.05, 0.1) is 5.69 Å². The summed E-state index contributed by atoms with van der Waals surface area (Å²) in [6.07, 6.45) is 13.5. The maximum atomic E-state index is 12.9. The number of pyridine rings is 1. The number of rotatable bonds is 4. The van der Waals surface area contributed by atoms with Crippen molar-refractivity contribution in [2.24, 2.45) is 5.92 Å². The maximum Gasteiger partial charge on any atom is 0.225 e. The number of likely N-dealkylation sites (tertiary alicyclic amines) is 1. The Morgan fingerprint density at radius 2 is 1.76 bits per heavy atom. The molecule has 2 saturated heterocycles. The van der Waals surface area contributed by atoms with Crippen LogP contribution in [0.4, 0.5) is 5.95 Å². The number of amides is 1. The molecule has 0 N–H and O–H groups in total. The van der Waals surface area contributed by atoms with E-state index in [4.69, 9.17) is 9.97 Å². The van der Waals surface area contributed by atoms with Gasteiger partial charge in [0, 0.05) is 62.2 Å². The molecule has 5 rings (SSSR count). The van der Waals surface area contributed by atoms with Crippen molar-refractivity contribution in [2.45, 2.75) is 50.9 Å². The molecular formula is C23H29N5O. The molecular weight excluding hydrogens is 362 g/mol. The Balaban J connectivity index is 1.47. The van der Waals surface area contributed by atoms with Gasteiger partial charge in [0.25, 0.3) is 0 Å². The van der Waals surface area contributed by atoms with E-state index >= 15 is 0 Å². The summed E-state index contributed by atoms with van der Waals surface area (Å²) in [7, 11) is 0. The van der Waals surface area contributed by atoms with Crippen molar-refractivity contribution in [1.29, 1.82) is 0 Å². The van der Waals surface area contributed by atoms with Crippen LogP contribution in [-0.4, -0.2) is 51.9 Å². The number of piperidine rings is 1. The van der Waals surface area contributed by atoms with Gasteiger partial charge in [-0.15, -0.1) is 0 Å². The van der Waals surface area contributed by atoms with Crippen molar-refractivity contribution in [1.82, 2.24) is 19.9 Å². The van der Waals surface area contributed by atoms with Gasteiger partial charge in [0.1, 0.15) is 0 Å². The van der Waals surface area contributed by atoms with Crippen LogP contribution in [0.25, 0.3) is 11.1 Å². The Hall–Kier alpha value is -2.50. The highest BCUT2D eigenvalue weighted by Crippen LogP contribution is 2.36. The van der Waals surface area contributed by atoms with Gasteiger partial charge in [0.15, 0.2) is 0 Å². The fraction of sp³-hybridized carbons (Fsp3) is 0.565. The van der Waals surface area contributed by atoms with Crippen molar-refractivity contribution < 1.29 is 4.79 Å². The maximum absolute atomic E-state index is 12.9. The molecule has 6 nitrogen and oxygen atoms in total. The molecule has 4 heterocycles. The van der Waals surface area contributed by atoms with Crippen LogP contribution in [0.15, 0.2) is 30.7 Å². The van der Waals surface area contributed by atoms with Gasteiger partial charge < -0.3 is 9.80 Å². The SMILES string of the molecule is O=C(C1CCC1)N1CCC[C@@H](c2nc(N3CCCC3)ncc2-c2ccncc2)C1. The molecule has 1 aliphatic carbocycles. The zero-order valence-corrected chi connectivity index (χ0v) is 17.0. The van der Waals surface area contributed by atoms with Crippen LogP contribution in [0.2, 0.25) is 0 Å². The Morgan fingerprint density at radius 3 is 2.48 bits per heavy atom.